The number of hydrogen-bond acceptors (Lipinski definition) is 5. The first kappa shape index (κ1) is 16.6. The Balaban J connectivity index is 0. The van der Waals surface area contributed by atoms with Crippen LogP contribution in [0.25, 0.3) is 0 Å². The number of phosphoric acid groups is 2. The predicted molar refractivity (Wildman–Crippen MR) is 42.9 cm³/mol. The minimum atomic E-state index is -5.09. The van der Waals surface area contributed by atoms with E-state index < -0.39 is 21.9 Å². The molecule has 0 amide bonds. The van der Waals surface area contributed by atoms with Gasteiger partial charge < -0.3 is 19.8 Å². The number of aliphatic hydroxyl groups is 1. The molecule has 76 valence electrons. The topological polar surface area (TPSA) is 134 Å². The molecule has 0 aliphatic heterocycles. The summed E-state index contributed by atoms with van der Waals surface area (Å²) in [5.41, 5.74) is 0. The third kappa shape index (κ3) is 11.1. The van der Waals surface area contributed by atoms with Crippen LogP contribution < -0.4 is 0 Å². The van der Waals surface area contributed by atoms with Crippen LogP contribution in [0.1, 0.15) is 6.92 Å². The summed E-state index contributed by atoms with van der Waals surface area (Å²) in [4.78, 5) is 24.6. The zero-order chi connectivity index (χ0) is 9.99. The van der Waals surface area contributed by atoms with Gasteiger partial charge in [0.15, 0.2) is 6.29 Å². The van der Waals surface area contributed by atoms with Crippen LogP contribution in [0.2, 0.25) is 0 Å². The van der Waals surface area contributed by atoms with Gasteiger partial charge in [0.25, 0.3) is 0 Å². The standard InChI is InChI=1S/C2H8O8P2.Na.H/c1-2(3)9-12(7,8)10-11(4,5)6;;/h2-3H,1H3,(H,7,8)(H2,4,5,6);;. The Kier molecular flexibility index (Phi) is 7.61. The van der Waals surface area contributed by atoms with Gasteiger partial charge in [-0.25, -0.2) is 9.13 Å². The van der Waals surface area contributed by atoms with Crippen molar-refractivity contribution in [3.63, 3.8) is 0 Å². The second kappa shape index (κ2) is 5.95. The van der Waals surface area contributed by atoms with Crippen molar-refractivity contribution in [1.29, 1.82) is 0 Å². The first-order valence-corrected chi connectivity index (χ1v) is 5.61. The molecule has 0 heterocycles. The predicted octanol–water partition coefficient (Wildman–Crippen LogP) is -1.10. The normalized spacial score (nSPS) is 18.5. The molecule has 4 N–H and O–H groups in total. The molecule has 11 heteroatoms. The molecule has 13 heavy (non-hydrogen) atoms. The molecule has 0 aliphatic rings. The Morgan fingerprint density at radius 3 is 1.85 bits per heavy atom. The zero-order valence-corrected chi connectivity index (χ0v) is 7.68. The molecule has 0 radical (unpaired) electrons. The molecule has 0 rings (SSSR count). The number of rotatable bonds is 4. The van der Waals surface area contributed by atoms with Gasteiger partial charge in [0.2, 0.25) is 0 Å². The van der Waals surface area contributed by atoms with Gasteiger partial charge >= 0.3 is 45.2 Å². The van der Waals surface area contributed by atoms with Crippen molar-refractivity contribution in [2.45, 2.75) is 13.2 Å². The fourth-order valence-corrected chi connectivity index (χ4v) is 1.96. The summed E-state index contributed by atoms with van der Waals surface area (Å²) in [5.74, 6) is 0. The van der Waals surface area contributed by atoms with Gasteiger partial charge in [-0.2, -0.15) is 4.31 Å². The van der Waals surface area contributed by atoms with Gasteiger partial charge in [0, 0.05) is 0 Å². The molecular formula is C2H9NaO8P2. The Morgan fingerprint density at radius 1 is 1.23 bits per heavy atom. The number of aliphatic hydroxyl groups excluding tert-OH is 1. The van der Waals surface area contributed by atoms with Crippen LogP contribution in [0.5, 0.6) is 0 Å². The van der Waals surface area contributed by atoms with Gasteiger partial charge in [0.05, 0.1) is 0 Å². The van der Waals surface area contributed by atoms with E-state index in [-0.39, 0.29) is 29.6 Å². The third-order valence-corrected chi connectivity index (χ3v) is 2.74. The van der Waals surface area contributed by atoms with Crippen molar-refractivity contribution in [2.24, 2.45) is 0 Å². The molecule has 0 spiro atoms. The van der Waals surface area contributed by atoms with Gasteiger partial charge in [-0.05, 0) is 6.92 Å². The second-order valence-electron chi connectivity index (χ2n) is 1.75. The van der Waals surface area contributed by atoms with Gasteiger partial charge in [-0.15, -0.1) is 0 Å². The third-order valence-electron chi connectivity index (χ3n) is 0.495. The molecule has 2 unspecified atom stereocenters. The van der Waals surface area contributed by atoms with E-state index in [1.807, 2.05) is 0 Å². The summed E-state index contributed by atoms with van der Waals surface area (Å²) in [6.45, 7) is 0.978. The van der Waals surface area contributed by atoms with E-state index in [4.69, 9.17) is 19.8 Å². The molecule has 8 nitrogen and oxygen atoms in total. The van der Waals surface area contributed by atoms with Crippen molar-refractivity contribution < 1.29 is 37.8 Å². The maximum absolute atomic E-state index is 10.5. The van der Waals surface area contributed by atoms with Crippen LogP contribution in [0, 0.1) is 0 Å². The number of hydrogen-bond donors (Lipinski definition) is 4. The van der Waals surface area contributed by atoms with E-state index >= 15 is 0 Å². The van der Waals surface area contributed by atoms with Crippen molar-refractivity contribution in [2.75, 3.05) is 0 Å². The zero-order valence-electron chi connectivity index (χ0n) is 5.89. The fraction of sp³-hybridized carbons (Fsp3) is 1.00. The van der Waals surface area contributed by atoms with E-state index in [0.717, 1.165) is 6.92 Å². The maximum atomic E-state index is 10.5. The van der Waals surface area contributed by atoms with Gasteiger partial charge in [0.1, 0.15) is 0 Å². The van der Waals surface area contributed by atoms with E-state index in [9.17, 15) is 9.13 Å². The Morgan fingerprint density at radius 2 is 1.62 bits per heavy atom. The van der Waals surface area contributed by atoms with Crippen LogP contribution in [-0.2, 0) is 18.0 Å². The average Bonchev–Trinajstić information content (AvgIpc) is 1.48. The Labute approximate surface area is 96.0 Å². The van der Waals surface area contributed by atoms with Crippen LogP contribution >= 0.6 is 15.6 Å². The van der Waals surface area contributed by atoms with Crippen LogP contribution in [-0.4, -0.2) is 55.6 Å². The average molecular weight is 246 g/mol. The molecule has 0 saturated carbocycles. The summed E-state index contributed by atoms with van der Waals surface area (Å²) in [6, 6.07) is 0. The van der Waals surface area contributed by atoms with Crippen molar-refractivity contribution in [1.82, 2.24) is 0 Å². The molecule has 0 aromatic carbocycles. The Hall–Kier alpha value is 1.22. The monoisotopic (exact) mass is 246 g/mol. The van der Waals surface area contributed by atoms with Gasteiger partial charge in [-0.1, -0.05) is 0 Å². The van der Waals surface area contributed by atoms with Crippen molar-refractivity contribution in [3.05, 3.63) is 0 Å². The fourth-order valence-electron chi connectivity index (χ4n) is 0.346. The Bertz CT molecular complexity index is 232. The molecule has 0 saturated heterocycles. The first-order valence-electron chi connectivity index (χ1n) is 2.58. The molecule has 2 atom stereocenters. The van der Waals surface area contributed by atoms with Crippen LogP contribution in [0.15, 0.2) is 0 Å². The SMILES string of the molecule is CC(O)OP(=O)(O)OP(=O)(O)O.[NaH]. The summed E-state index contributed by atoms with van der Waals surface area (Å²) in [7, 11) is -9.98. The number of phosphoric ester groups is 1. The molecular weight excluding hydrogens is 237 g/mol. The van der Waals surface area contributed by atoms with E-state index in [1.165, 1.54) is 0 Å². The van der Waals surface area contributed by atoms with Gasteiger partial charge in [-0.3, -0.25) is 4.52 Å². The summed E-state index contributed by atoms with van der Waals surface area (Å²) >= 11 is 0. The minimum absolute atomic E-state index is 0. The van der Waals surface area contributed by atoms with Crippen LogP contribution in [0.3, 0.4) is 0 Å². The van der Waals surface area contributed by atoms with Crippen molar-refractivity contribution in [3.8, 4) is 0 Å². The van der Waals surface area contributed by atoms with E-state index in [1.54, 1.807) is 0 Å². The summed E-state index contributed by atoms with van der Waals surface area (Å²) in [5, 5.41) is 8.40. The molecule has 0 aliphatic carbocycles. The van der Waals surface area contributed by atoms with Crippen LogP contribution in [0.4, 0.5) is 0 Å². The molecule has 0 aromatic heterocycles. The molecule has 0 fully saturated rings. The quantitative estimate of drug-likeness (QED) is 0.279. The molecule has 0 bridgehead atoms. The first-order chi connectivity index (χ1) is 5.12. The van der Waals surface area contributed by atoms with E-state index in [0.29, 0.717) is 0 Å². The second-order valence-corrected chi connectivity index (χ2v) is 4.53. The molecule has 0 aromatic rings. The summed E-state index contributed by atoms with van der Waals surface area (Å²) < 4.78 is 27.6. The van der Waals surface area contributed by atoms with E-state index in [2.05, 4.69) is 8.83 Å². The van der Waals surface area contributed by atoms with Crippen molar-refractivity contribution >= 4 is 45.2 Å². The summed E-state index contributed by atoms with van der Waals surface area (Å²) in [6.07, 6.45) is -1.66.